The van der Waals surface area contributed by atoms with Crippen molar-refractivity contribution in [1.82, 2.24) is 54.5 Å². The summed E-state index contributed by atoms with van der Waals surface area (Å²) >= 11 is 0. The van der Waals surface area contributed by atoms with Gasteiger partial charge >= 0.3 is 0 Å². The first kappa shape index (κ1) is 92.9. The average molecular weight is 1740 g/mol. The number of nitrogens with zero attached hydrogens (tertiary/aromatic N) is 11. The molecule has 0 aromatic carbocycles. The second-order valence-corrected chi connectivity index (χ2v) is 48.7. The number of ketones is 4. The molecule has 22 heteroatoms. The third-order valence-electron chi connectivity index (χ3n) is 42.5. The number of carbonyl (C=O) groups excluding carboxylic acids is 4. The Morgan fingerprint density at radius 2 is 0.762 bits per heavy atom. The summed E-state index contributed by atoms with van der Waals surface area (Å²) in [6, 6.07) is 0. The van der Waals surface area contributed by atoms with Gasteiger partial charge < -0.3 is 39.2 Å². The van der Waals surface area contributed by atoms with Gasteiger partial charge in [0.25, 0.3) is 0 Å². The number of carbonyl (C=O) groups is 4. The lowest BCUT2D eigenvalue weighted by Crippen LogP contribution is -2.57. The molecule has 16 saturated carbocycles. The van der Waals surface area contributed by atoms with E-state index in [0.717, 1.165) is 168 Å². The third-order valence-corrected chi connectivity index (χ3v) is 42.5. The van der Waals surface area contributed by atoms with E-state index in [4.69, 9.17) is 14.2 Å². The van der Waals surface area contributed by atoms with Crippen molar-refractivity contribution in [2.45, 2.75) is 370 Å². The fourth-order valence-electron chi connectivity index (χ4n) is 35.7. The van der Waals surface area contributed by atoms with Crippen molar-refractivity contribution >= 4 is 23.1 Å². The van der Waals surface area contributed by atoms with Crippen molar-refractivity contribution in [3.05, 3.63) is 53.9 Å². The minimum absolute atomic E-state index is 0.0997. The van der Waals surface area contributed by atoms with Gasteiger partial charge in [-0.25, -0.2) is 9.67 Å². The monoisotopic (exact) mass is 1740 g/mol. The first-order valence-electron chi connectivity index (χ1n) is 50.7. The quantitative estimate of drug-likeness (QED) is 0.0720. The Kier molecular flexibility index (Phi) is 25.7. The van der Waals surface area contributed by atoms with Crippen molar-refractivity contribution in [3.63, 3.8) is 0 Å². The molecule has 700 valence electrons. The molecule has 4 heterocycles. The van der Waals surface area contributed by atoms with Crippen molar-refractivity contribution in [1.29, 1.82) is 0 Å². The second-order valence-electron chi connectivity index (χ2n) is 48.7. The third kappa shape index (κ3) is 16.5. The van der Waals surface area contributed by atoms with Gasteiger partial charge in [-0.05, 0) is 415 Å². The molecular weight excluding hydrogens is 1580 g/mol. The fourth-order valence-corrected chi connectivity index (χ4v) is 35.7. The zero-order valence-electron chi connectivity index (χ0n) is 80.4. The molecule has 126 heavy (non-hydrogen) atoms. The van der Waals surface area contributed by atoms with Crippen LogP contribution in [0.15, 0.2) is 31.0 Å². The van der Waals surface area contributed by atoms with Crippen LogP contribution in [0.3, 0.4) is 0 Å². The molecule has 0 amide bonds. The molecule has 4 aromatic rings. The minimum atomic E-state index is -0.645. The number of fused-ring (bicyclic) bond motifs is 20. The summed E-state index contributed by atoms with van der Waals surface area (Å²) in [6.45, 7) is 32.6. The van der Waals surface area contributed by atoms with Crippen LogP contribution < -0.4 is 0 Å². The Hall–Kier alpha value is -4.97. The van der Waals surface area contributed by atoms with E-state index in [-0.39, 0.29) is 57.7 Å². The van der Waals surface area contributed by atoms with Crippen molar-refractivity contribution in [3.8, 4) is 0 Å². The summed E-state index contributed by atoms with van der Waals surface area (Å²) < 4.78 is 21.7. The van der Waals surface area contributed by atoms with Crippen LogP contribution in [-0.2, 0) is 59.6 Å². The van der Waals surface area contributed by atoms with Gasteiger partial charge in [0.15, 0.2) is 29.0 Å². The van der Waals surface area contributed by atoms with Crippen LogP contribution in [0.2, 0.25) is 0 Å². The van der Waals surface area contributed by atoms with Gasteiger partial charge in [-0.3, -0.25) is 23.9 Å². The Morgan fingerprint density at radius 3 is 1.10 bits per heavy atom. The van der Waals surface area contributed by atoms with Crippen LogP contribution >= 0.6 is 0 Å². The highest BCUT2D eigenvalue weighted by Crippen LogP contribution is 2.74. The molecule has 0 bridgehead atoms. The van der Waals surface area contributed by atoms with Crippen LogP contribution in [0.4, 0.5) is 0 Å². The molecule has 4 aromatic heterocycles. The summed E-state index contributed by atoms with van der Waals surface area (Å²) in [5.74, 6) is 14.7. The van der Waals surface area contributed by atoms with Crippen LogP contribution in [0.25, 0.3) is 0 Å². The van der Waals surface area contributed by atoms with Crippen LogP contribution in [0, 0.1) is 189 Å². The molecule has 0 spiro atoms. The van der Waals surface area contributed by atoms with E-state index in [1.807, 2.05) is 55.5 Å². The van der Waals surface area contributed by atoms with Gasteiger partial charge in [0.05, 0.1) is 73.4 Å². The van der Waals surface area contributed by atoms with E-state index >= 15 is 0 Å². The summed E-state index contributed by atoms with van der Waals surface area (Å²) in [4.78, 5) is 59.2. The average Bonchev–Trinajstić information content (AvgIpc) is 1.48. The van der Waals surface area contributed by atoms with Crippen molar-refractivity contribution in [2.24, 2.45) is 162 Å². The van der Waals surface area contributed by atoms with Gasteiger partial charge in [0.2, 0.25) is 0 Å². The summed E-state index contributed by atoms with van der Waals surface area (Å²) in [5, 5.41) is 68.5. The maximum atomic E-state index is 13.4. The predicted molar refractivity (Wildman–Crippen MR) is 483 cm³/mol. The Balaban J connectivity index is 0.000000119. The maximum absolute atomic E-state index is 13.4. The van der Waals surface area contributed by atoms with E-state index in [0.29, 0.717) is 138 Å². The normalized spacial score (nSPS) is 46.3. The van der Waals surface area contributed by atoms with E-state index in [1.165, 1.54) is 127 Å². The molecule has 16 aliphatic carbocycles. The molecule has 0 unspecified atom stereocenters. The lowest BCUT2D eigenvalue weighted by atomic mass is 9.44. The zero-order chi connectivity index (χ0) is 89.5. The summed E-state index contributed by atoms with van der Waals surface area (Å²) in [7, 11) is 5.10. The predicted octanol–water partition coefficient (Wildman–Crippen LogP) is 17.7. The molecule has 20 rings (SSSR count). The number of ether oxygens (including phenoxy) is 3. The number of hydrogen-bond acceptors (Lipinski definition) is 18. The number of Topliss-reactive ketones (excluding diaryl/α,β-unsaturated/α-hetero) is 4. The highest BCUT2D eigenvalue weighted by molar-refractivity contribution is 5.84. The second kappa shape index (κ2) is 34.8. The number of rotatable bonds is 18. The summed E-state index contributed by atoms with van der Waals surface area (Å²) in [5.41, 5.74) is 1.61. The van der Waals surface area contributed by atoms with E-state index in [2.05, 4.69) is 91.2 Å². The maximum Gasteiger partial charge on any atom is 0.171 e. The largest absolute Gasteiger partial charge is 0.390 e. The molecular formula is C104H163N11O11. The number of aromatic nitrogens is 11. The first-order chi connectivity index (χ1) is 59.7. The van der Waals surface area contributed by atoms with Gasteiger partial charge in [0, 0.05) is 63.6 Å². The SMILES string of the molecule is COC[C@@]1(O)CC[C@@]2(C)[C@@H](CC[C@@H]3[C@@H]2CC[C@]2(C)[C@@H](C(=O)Cn4ccnc4C)CC[C@@H]32)C1.COC[C@@]1(O)CC[C@@]2(C)[C@@H](CC[C@@H]3[C@@H]2CC[C@]2(C)[C@@H](C(=O)Cn4nnc(C)n4)CC[C@@H]32)C1.COC[C@@]1(O)CC[C@@]2(C)[C@@H](CC[C@@H]3[C@@H]2CC[C@]2(C)[C@@H](C(=O)Cn4nncc4C)CC[C@@H]32)C1.Cc1cnn(CC(=O)[C@H]2CC[C@H]3[C@@H]4CC[C@H]5C[C@](C)(O)CC[C@]5(C)[C@H]4CC[C@]23C)c1. The number of imidazole rings is 1. The Bertz CT molecular complexity index is 4410. The lowest BCUT2D eigenvalue weighted by Gasteiger charge is -2.62. The minimum Gasteiger partial charge on any atom is -0.390 e. The molecule has 4 N–H and O–H groups in total. The van der Waals surface area contributed by atoms with Gasteiger partial charge in [-0.15, -0.1) is 15.3 Å². The lowest BCUT2D eigenvalue weighted by molar-refractivity contribution is -0.164. The Morgan fingerprint density at radius 1 is 0.397 bits per heavy atom. The number of methoxy groups -OCH3 is 3. The van der Waals surface area contributed by atoms with Crippen molar-refractivity contribution in [2.75, 3.05) is 41.2 Å². The molecule has 0 radical (unpaired) electrons. The van der Waals surface area contributed by atoms with Crippen molar-refractivity contribution < 1.29 is 53.8 Å². The molecule has 16 aliphatic rings. The number of aryl methyl sites for hydroxylation is 4. The highest BCUT2D eigenvalue weighted by atomic mass is 16.5. The number of tetrazole rings is 1. The molecule has 32 atom stereocenters. The van der Waals surface area contributed by atoms with Gasteiger partial charge in [-0.1, -0.05) is 60.6 Å². The molecule has 0 saturated heterocycles. The molecule has 0 aliphatic heterocycles. The van der Waals surface area contributed by atoms with Crippen LogP contribution in [0.1, 0.15) is 316 Å². The first-order valence-corrected chi connectivity index (χ1v) is 50.7. The highest BCUT2D eigenvalue weighted by Gasteiger charge is 2.68. The molecule has 16 fully saturated rings. The zero-order valence-corrected chi connectivity index (χ0v) is 80.4. The molecule has 22 nitrogen and oxygen atoms in total. The fraction of sp³-hybridized carbons (Fsp3) is 0.875. The van der Waals surface area contributed by atoms with E-state index in [1.54, 1.807) is 45.3 Å². The summed E-state index contributed by atoms with van der Waals surface area (Å²) in [6.07, 6.45) is 49.6. The van der Waals surface area contributed by atoms with E-state index < -0.39 is 22.4 Å². The van der Waals surface area contributed by atoms with Crippen LogP contribution in [0.5, 0.6) is 0 Å². The Labute approximate surface area is 753 Å². The van der Waals surface area contributed by atoms with Gasteiger partial charge in [0.1, 0.15) is 18.9 Å². The van der Waals surface area contributed by atoms with E-state index in [9.17, 15) is 39.6 Å². The van der Waals surface area contributed by atoms with Gasteiger partial charge in [-0.2, -0.15) is 9.90 Å². The number of aliphatic hydroxyl groups is 4. The topological polar surface area (TPSA) is 287 Å². The number of hydrogen-bond donors (Lipinski definition) is 4. The smallest absolute Gasteiger partial charge is 0.171 e. The standard InChI is InChI=1S/C27H42N2O3.C26H41N3O3.C26H40N2O2.C25H40N4O3/c1-18-28-13-14-29(18)16-24(30)23-8-7-21-20-6-5-19-15-27(31,17-32-4)12-11-25(19,2)22(20)9-10-26(21,23)3;1-17-14-27-28-29(17)15-23(30)22-8-7-20-19-6-5-18-13-26(31,16-32-4)12-11-24(18,2)21(19)9-10-25(20,22)3;1-17-14-27-28(15-17)16-23(29)22-8-7-20-19-6-5-18-13-24(2,30)11-12-25(18,3)21(19)9-10-26(20,22)4;1-16-26-28-29(27-16)14-22(30)21-8-7-19-18-6-5-17-13-25(31,15-32-4)12-11-23(17,2)20(18)9-10-24(19,21)3/h13-14,19-23,31H,5-12,15-17H2,1-4H3;14,18-22,31H,5-13,15-16H2,1-4H3;14-15,18-22,30H,5-13,16H2,1-4H3;17-21,31H,5-15H2,1-4H3/t19-,20-,21-,22-,23+,25-,26-,27+;18-,19-,20-,21-,22+,24-,25-,26+;18-,19-,20-,21-,22+,24+,25-,26-;17-,18-,19-,20-,21+,23-,24-,25+/m0000/s1. The van der Waals surface area contributed by atoms with Crippen LogP contribution in [-0.4, -0.2) is 162 Å².